The zero-order chi connectivity index (χ0) is 21.7. The number of imidazole rings is 1. The van der Waals surface area contributed by atoms with Crippen molar-refractivity contribution in [3.8, 4) is 16.9 Å². The van der Waals surface area contributed by atoms with Gasteiger partial charge >= 0.3 is 5.97 Å². The molecule has 1 heterocycles. The lowest BCUT2D eigenvalue weighted by atomic mass is 10.00. The molecular weight excluding hydrogens is 429 g/mol. The molecule has 0 fully saturated rings. The highest BCUT2D eigenvalue weighted by atomic mass is 35.5. The molecule has 0 saturated heterocycles. The molecule has 0 aliphatic carbocycles. The molecule has 7 nitrogen and oxygen atoms in total. The molecule has 0 radical (unpaired) electrons. The molecule has 2 aromatic carbocycles. The summed E-state index contributed by atoms with van der Waals surface area (Å²) in [7, 11) is 1.61. The standard InChI is InChI=1S/C21H19Cl2N3O4/c1-30-17-5-3-2-4-15(17)14-8-6-13(7-9-14)10-16(21(28)29)25-18(27)11-26-12-24-19(22)20(26)23/h2-9,12,16H,10-11H2,1H3,(H,25,27)(H,28,29)/t16-/m0/s1. The summed E-state index contributed by atoms with van der Waals surface area (Å²) in [5, 5.41) is 12.2. The number of halogens is 2. The van der Waals surface area contributed by atoms with Crippen LogP contribution in [-0.2, 0) is 22.6 Å². The van der Waals surface area contributed by atoms with Crippen molar-refractivity contribution in [1.29, 1.82) is 0 Å². The number of methoxy groups -OCH3 is 1. The van der Waals surface area contributed by atoms with E-state index in [1.807, 2.05) is 48.5 Å². The van der Waals surface area contributed by atoms with Gasteiger partial charge in [0.25, 0.3) is 0 Å². The second-order valence-corrected chi connectivity index (χ2v) is 7.23. The molecule has 0 aliphatic rings. The lowest BCUT2D eigenvalue weighted by Crippen LogP contribution is -2.43. The van der Waals surface area contributed by atoms with Crippen molar-refractivity contribution in [3.63, 3.8) is 0 Å². The predicted molar refractivity (Wildman–Crippen MR) is 114 cm³/mol. The SMILES string of the molecule is COc1ccccc1-c1ccc(C[C@H](NC(=O)Cn2cnc(Cl)c2Cl)C(=O)O)cc1. The third-order valence-electron chi connectivity index (χ3n) is 4.49. The second kappa shape index (κ2) is 9.65. The molecule has 0 bridgehead atoms. The molecule has 0 spiro atoms. The maximum absolute atomic E-state index is 12.2. The zero-order valence-corrected chi connectivity index (χ0v) is 17.5. The third kappa shape index (κ3) is 5.11. The average molecular weight is 448 g/mol. The van der Waals surface area contributed by atoms with Crippen LogP contribution in [0.5, 0.6) is 5.75 Å². The fraction of sp³-hybridized carbons (Fsp3) is 0.190. The number of nitrogens with zero attached hydrogens (tertiary/aromatic N) is 2. The highest BCUT2D eigenvalue weighted by molar-refractivity contribution is 6.40. The van der Waals surface area contributed by atoms with Crippen molar-refractivity contribution < 1.29 is 19.4 Å². The zero-order valence-electron chi connectivity index (χ0n) is 16.0. The molecule has 0 aliphatic heterocycles. The normalized spacial score (nSPS) is 11.7. The Morgan fingerprint density at radius 1 is 1.17 bits per heavy atom. The van der Waals surface area contributed by atoms with Crippen molar-refractivity contribution >= 4 is 35.1 Å². The van der Waals surface area contributed by atoms with Crippen LogP contribution in [0.3, 0.4) is 0 Å². The molecule has 1 aromatic heterocycles. The molecule has 9 heteroatoms. The van der Waals surface area contributed by atoms with Gasteiger partial charge in [-0.2, -0.15) is 0 Å². The Hall–Kier alpha value is -3.03. The largest absolute Gasteiger partial charge is 0.496 e. The van der Waals surface area contributed by atoms with E-state index in [2.05, 4.69) is 10.3 Å². The number of para-hydroxylation sites is 1. The Morgan fingerprint density at radius 2 is 1.87 bits per heavy atom. The van der Waals surface area contributed by atoms with Gasteiger partial charge in [-0.15, -0.1) is 0 Å². The molecular formula is C21H19Cl2N3O4. The summed E-state index contributed by atoms with van der Waals surface area (Å²) in [5.74, 6) is -0.893. The van der Waals surface area contributed by atoms with Gasteiger partial charge in [-0.1, -0.05) is 65.7 Å². The van der Waals surface area contributed by atoms with Crippen LogP contribution in [-0.4, -0.2) is 39.7 Å². The maximum atomic E-state index is 12.2. The maximum Gasteiger partial charge on any atom is 0.326 e. The summed E-state index contributed by atoms with van der Waals surface area (Å²) in [6.07, 6.45) is 1.45. The molecule has 156 valence electrons. The van der Waals surface area contributed by atoms with Crippen LogP contribution < -0.4 is 10.1 Å². The molecule has 1 amide bonds. The number of ether oxygens (including phenoxy) is 1. The smallest absolute Gasteiger partial charge is 0.326 e. The van der Waals surface area contributed by atoms with E-state index in [-0.39, 0.29) is 23.3 Å². The topological polar surface area (TPSA) is 93.5 Å². The van der Waals surface area contributed by atoms with E-state index in [9.17, 15) is 14.7 Å². The first kappa shape index (κ1) is 21.7. The molecule has 3 aromatic rings. The van der Waals surface area contributed by atoms with Gasteiger partial charge in [0.1, 0.15) is 23.5 Å². The Bertz CT molecular complexity index is 1050. The first-order valence-corrected chi connectivity index (χ1v) is 9.75. The van der Waals surface area contributed by atoms with Gasteiger partial charge in [-0.25, -0.2) is 9.78 Å². The number of aliphatic carboxylic acids is 1. The Balaban J connectivity index is 1.68. The number of carbonyl (C=O) groups is 2. The third-order valence-corrected chi connectivity index (χ3v) is 5.26. The predicted octanol–water partition coefficient (Wildman–Crippen LogP) is 3.68. The van der Waals surface area contributed by atoms with Crippen LogP contribution in [0.4, 0.5) is 0 Å². The van der Waals surface area contributed by atoms with Crippen molar-refractivity contribution in [2.45, 2.75) is 19.0 Å². The van der Waals surface area contributed by atoms with Crippen LogP contribution in [0, 0.1) is 0 Å². The van der Waals surface area contributed by atoms with Gasteiger partial charge in [0.2, 0.25) is 5.91 Å². The first-order valence-electron chi connectivity index (χ1n) is 8.99. The number of nitrogens with one attached hydrogen (secondary N) is 1. The quantitative estimate of drug-likeness (QED) is 0.549. The van der Waals surface area contributed by atoms with Gasteiger partial charge < -0.3 is 19.7 Å². The summed E-state index contributed by atoms with van der Waals surface area (Å²) < 4.78 is 6.71. The van der Waals surface area contributed by atoms with E-state index in [1.165, 1.54) is 10.9 Å². The van der Waals surface area contributed by atoms with Crippen molar-refractivity contribution in [2.24, 2.45) is 0 Å². The first-order chi connectivity index (χ1) is 14.4. The van der Waals surface area contributed by atoms with E-state index < -0.39 is 17.9 Å². The lowest BCUT2D eigenvalue weighted by Gasteiger charge is -2.15. The van der Waals surface area contributed by atoms with E-state index in [1.54, 1.807) is 7.11 Å². The molecule has 0 saturated carbocycles. The highest BCUT2D eigenvalue weighted by Gasteiger charge is 2.21. The molecule has 1 atom stereocenters. The van der Waals surface area contributed by atoms with Crippen molar-refractivity contribution in [1.82, 2.24) is 14.9 Å². The second-order valence-electron chi connectivity index (χ2n) is 6.51. The lowest BCUT2D eigenvalue weighted by molar-refractivity contribution is -0.141. The van der Waals surface area contributed by atoms with Gasteiger partial charge in [0.05, 0.1) is 13.4 Å². The van der Waals surface area contributed by atoms with Gasteiger partial charge in [-0.3, -0.25) is 4.79 Å². The monoisotopic (exact) mass is 447 g/mol. The number of amides is 1. The van der Waals surface area contributed by atoms with Crippen LogP contribution in [0.15, 0.2) is 54.9 Å². The Kier molecular flexibility index (Phi) is 6.97. The van der Waals surface area contributed by atoms with Crippen LogP contribution in [0.25, 0.3) is 11.1 Å². The van der Waals surface area contributed by atoms with Crippen LogP contribution in [0.1, 0.15) is 5.56 Å². The molecule has 3 rings (SSSR count). The Morgan fingerprint density at radius 3 is 2.47 bits per heavy atom. The van der Waals surface area contributed by atoms with Crippen LogP contribution >= 0.6 is 23.2 Å². The number of carbonyl (C=O) groups excluding carboxylic acids is 1. The highest BCUT2D eigenvalue weighted by Crippen LogP contribution is 2.29. The average Bonchev–Trinajstić information content (AvgIpc) is 3.05. The van der Waals surface area contributed by atoms with Gasteiger partial charge in [0, 0.05) is 12.0 Å². The minimum atomic E-state index is -1.13. The summed E-state index contributed by atoms with van der Waals surface area (Å²) in [6.45, 7) is -0.185. The summed E-state index contributed by atoms with van der Waals surface area (Å²) in [4.78, 5) is 27.7. The minimum absolute atomic E-state index is 0.0781. The number of aromatic nitrogens is 2. The number of benzene rings is 2. The number of carboxylic acids is 1. The number of hydrogen-bond acceptors (Lipinski definition) is 4. The summed E-state index contributed by atoms with van der Waals surface area (Å²) in [6, 6.07) is 14.0. The Labute approximate surface area is 183 Å². The minimum Gasteiger partial charge on any atom is -0.496 e. The molecule has 2 N–H and O–H groups in total. The summed E-state index contributed by atoms with van der Waals surface area (Å²) >= 11 is 11.7. The van der Waals surface area contributed by atoms with Crippen molar-refractivity contribution in [3.05, 3.63) is 70.7 Å². The van der Waals surface area contributed by atoms with Gasteiger partial charge in [0.15, 0.2) is 5.15 Å². The van der Waals surface area contributed by atoms with E-state index in [4.69, 9.17) is 27.9 Å². The number of rotatable bonds is 8. The van der Waals surface area contributed by atoms with Gasteiger partial charge in [-0.05, 0) is 17.2 Å². The summed E-state index contributed by atoms with van der Waals surface area (Å²) in [5.41, 5.74) is 2.65. The molecule has 30 heavy (non-hydrogen) atoms. The van der Waals surface area contributed by atoms with Crippen molar-refractivity contribution in [2.75, 3.05) is 7.11 Å². The van der Waals surface area contributed by atoms with E-state index in [0.717, 1.165) is 22.4 Å². The van der Waals surface area contributed by atoms with E-state index in [0.29, 0.717) is 0 Å². The van der Waals surface area contributed by atoms with E-state index >= 15 is 0 Å². The number of hydrogen-bond donors (Lipinski definition) is 2. The van der Waals surface area contributed by atoms with Crippen LogP contribution in [0.2, 0.25) is 10.3 Å². The fourth-order valence-electron chi connectivity index (χ4n) is 2.99. The molecule has 0 unspecified atom stereocenters. The fourth-order valence-corrected chi connectivity index (χ4v) is 3.29. The number of carboxylic acid groups (broad SMARTS) is 1.